The van der Waals surface area contributed by atoms with Gasteiger partial charge in [-0.05, 0) is 19.1 Å². The van der Waals surface area contributed by atoms with Gasteiger partial charge >= 0.3 is 0 Å². The predicted molar refractivity (Wildman–Crippen MR) is 70.5 cm³/mol. The molecule has 0 aromatic heterocycles. The van der Waals surface area contributed by atoms with E-state index >= 15 is 0 Å². The lowest BCUT2D eigenvalue weighted by molar-refractivity contribution is 0.185. The number of ether oxygens (including phenoxy) is 3. The molecule has 0 unspecified atom stereocenters. The van der Waals surface area contributed by atoms with Gasteiger partial charge in [-0.2, -0.15) is 0 Å². The molecule has 1 aromatic rings. The summed E-state index contributed by atoms with van der Waals surface area (Å²) in [4.78, 5) is 4.36. The highest BCUT2D eigenvalue weighted by atomic mass is 16.5. The highest BCUT2D eigenvalue weighted by Crippen LogP contribution is 2.36. The van der Waals surface area contributed by atoms with Crippen LogP contribution in [0, 0.1) is 0 Å². The van der Waals surface area contributed by atoms with Crippen LogP contribution in [0.2, 0.25) is 0 Å². The topological polar surface area (TPSA) is 78.1 Å². The molecule has 0 aliphatic carbocycles. The van der Waals surface area contributed by atoms with E-state index in [1.54, 1.807) is 26.4 Å². The minimum absolute atomic E-state index is 0.300. The van der Waals surface area contributed by atoms with E-state index in [4.69, 9.17) is 20.1 Å². The minimum atomic E-state index is 0.300. The van der Waals surface area contributed by atoms with Gasteiger partial charge in [-0.15, -0.1) is 0 Å². The maximum Gasteiger partial charge on any atom is 0.149 e. The third-order valence-corrected chi connectivity index (χ3v) is 2.26. The Hall–Kier alpha value is -1.79. The van der Waals surface area contributed by atoms with Gasteiger partial charge in [-0.1, -0.05) is 6.07 Å². The summed E-state index contributed by atoms with van der Waals surface area (Å²) in [6, 6.07) is 5.43. The van der Waals surface area contributed by atoms with Crippen LogP contribution in [0.3, 0.4) is 0 Å². The number of hydrogen-bond acceptors (Lipinski definition) is 5. The third-order valence-electron chi connectivity index (χ3n) is 2.26. The lowest BCUT2D eigenvalue weighted by Gasteiger charge is -2.11. The number of nitrogens with one attached hydrogen (secondary N) is 1. The maximum absolute atomic E-state index is 5.40. The number of hydrazine groups is 1. The fourth-order valence-electron chi connectivity index (χ4n) is 1.38. The smallest absolute Gasteiger partial charge is 0.149 e. The second-order valence-corrected chi connectivity index (χ2v) is 3.35. The summed E-state index contributed by atoms with van der Waals surface area (Å²) < 4.78 is 15.7. The predicted octanol–water partition coefficient (Wildman–Crippen LogP) is 1.23. The Morgan fingerprint density at radius 2 is 1.89 bits per heavy atom. The summed E-state index contributed by atoms with van der Waals surface area (Å²) in [6.45, 7) is 2.79. The Balaban J connectivity index is 3.08. The Kier molecular flexibility index (Phi) is 5.96. The van der Waals surface area contributed by atoms with Gasteiger partial charge in [0.25, 0.3) is 0 Å². The Morgan fingerprint density at radius 3 is 2.33 bits per heavy atom. The minimum Gasteiger partial charge on any atom is -0.494 e. The summed E-state index contributed by atoms with van der Waals surface area (Å²) in [6.07, 6.45) is 0. The number of aliphatic imine (C=N–C) groups is 1. The second-order valence-electron chi connectivity index (χ2n) is 3.35. The lowest BCUT2D eigenvalue weighted by atomic mass is 10.2. The number of nitrogens with two attached hydrogens (primary N) is 1. The molecule has 0 spiro atoms. The van der Waals surface area contributed by atoms with E-state index in [1.165, 1.54) is 0 Å². The molecule has 6 nitrogen and oxygen atoms in total. The second kappa shape index (κ2) is 7.52. The molecule has 0 aliphatic rings. The normalized spacial score (nSPS) is 11.2. The number of amidine groups is 1. The van der Waals surface area contributed by atoms with Gasteiger partial charge in [0.15, 0.2) is 0 Å². The molecule has 0 bridgehead atoms. The zero-order chi connectivity index (χ0) is 13.4. The van der Waals surface area contributed by atoms with Gasteiger partial charge in [-0.25, -0.2) is 10.8 Å². The van der Waals surface area contributed by atoms with Crippen LogP contribution in [0.15, 0.2) is 23.2 Å². The van der Waals surface area contributed by atoms with Gasteiger partial charge in [-0.3, -0.25) is 0 Å². The van der Waals surface area contributed by atoms with Crippen molar-refractivity contribution in [3.8, 4) is 11.5 Å². The van der Waals surface area contributed by atoms with Crippen LogP contribution in [-0.4, -0.2) is 33.3 Å². The van der Waals surface area contributed by atoms with Crippen molar-refractivity contribution in [2.45, 2.75) is 6.92 Å². The molecule has 0 radical (unpaired) electrons. The van der Waals surface area contributed by atoms with Crippen LogP contribution in [0.4, 0.5) is 5.69 Å². The van der Waals surface area contributed by atoms with Crippen molar-refractivity contribution >= 4 is 11.5 Å². The van der Waals surface area contributed by atoms with Crippen LogP contribution >= 0.6 is 0 Å². The van der Waals surface area contributed by atoms with Crippen molar-refractivity contribution in [1.82, 2.24) is 5.43 Å². The molecule has 0 amide bonds. The molecule has 0 aliphatic heterocycles. The summed E-state index contributed by atoms with van der Waals surface area (Å²) in [5.41, 5.74) is 3.08. The fraction of sp³-hybridized carbons (Fsp3) is 0.417. The molecule has 6 heteroatoms. The third kappa shape index (κ3) is 3.61. The summed E-state index contributed by atoms with van der Waals surface area (Å²) >= 11 is 0. The molecule has 18 heavy (non-hydrogen) atoms. The van der Waals surface area contributed by atoms with Gasteiger partial charge in [0.05, 0.1) is 14.2 Å². The van der Waals surface area contributed by atoms with Crippen molar-refractivity contribution in [3.63, 3.8) is 0 Å². The van der Waals surface area contributed by atoms with Crippen molar-refractivity contribution in [2.24, 2.45) is 10.8 Å². The fourth-order valence-corrected chi connectivity index (χ4v) is 1.38. The van der Waals surface area contributed by atoms with Gasteiger partial charge in [0, 0.05) is 6.61 Å². The van der Waals surface area contributed by atoms with E-state index in [-0.39, 0.29) is 0 Å². The molecule has 100 valence electrons. The van der Waals surface area contributed by atoms with E-state index in [0.29, 0.717) is 36.2 Å². The number of hydrogen-bond donors (Lipinski definition) is 2. The number of para-hydroxylation sites is 1. The molecule has 3 N–H and O–H groups in total. The molecule has 0 heterocycles. The van der Waals surface area contributed by atoms with Gasteiger partial charge in [0.2, 0.25) is 0 Å². The van der Waals surface area contributed by atoms with Crippen molar-refractivity contribution in [2.75, 3.05) is 27.4 Å². The van der Waals surface area contributed by atoms with Crippen LogP contribution in [0.1, 0.15) is 6.92 Å². The van der Waals surface area contributed by atoms with Gasteiger partial charge in [0.1, 0.15) is 29.6 Å². The first-order chi connectivity index (χ1) is 8.76. The van der Waals surface area contributed by atoms with Crippen LogP contribution < -0.4 is 20.7 Å². The highest BCUT2D eigenvalue weighted by Gasteiger charge is 2.10. The molecular formula is C12H19N3O3. The molecule has 0 saturated carbocycles. The standard InChI is InChI=1S/C12H19N3O3/c1-4-18-8-11(15-13)14-12-9(16-2)6-5-7-10(12)17-3/h5-7H,4,8,13H2,1-3H3,(H,14,15). The average molecular weight is 253 g/mol. The first kappa shape index (κ1) is 14.3. The van der Waals surface area contributed by atoms with Crippen molar-refractivity contribution < 1.29 is 14.2 Å². The Labute approximate surface area is 107 Å². The first-order valence-corrected chi connectivity index (χ1v) is 5.59. The van der Waals surface area contributed by atoms with Crippen molar-refractivity contribution in [3.05, 3.63) is 18.2 Å². The van der Waals surface area contributed by atoms with E-state index in [0.717, 1.165) is 0 Å². The molecule has 1 rings (SSSR count). The molecule has 0 saturated heterocycles. The Morgan fingerprint density at radius 1 is 1.28 bits per heavy atom. The van der Waals surface area contributed by atoms with Crippen molar-refractivity contribution in [1.29, 1.82) is 0 Å². The highest BCUT2D eigenvalue weighted by molar-refractivity contribution is 5.87. The van der Waals surface area contributed by atoms with Gasteiger partial charge < -0.3 is 19.6 Å². The van der Waals surface area contributed by atoms with Crippen LogP contribution in [-0.2, 0) is 4.74 Å². The molecular weight excluding hydrogens is 234 g/mol. The number of nitrogens with zero attached hydrogens (tertiary/aromatic N) is 1. The maximum atomic E-state index is 5.40. The average Bonchev–Trinajstić information content (AvgIpc) is 2.43. The van der Waals surface area contributed by atoms with E-state index in [9.17, 15) is 0 Å². The lowest BCUT2D eigenvalue weighted by Crippen LogP contribution is -2.33. The summed E-state index contributed by atoms with van der Waals surface area (Å²) in [7, 11) is 3.15. The van der Waals surface area contributed by atoms with E-state index < -0.39 is 0 Å². The number of rotatable bonds is 6. The Bertz CT molecular complexity index is 385. The summed E-state index contributed by atoms with van der Waals surface area (Å²) in [5.74, 6) is 7.12. The van der Waals surface area contributed by atoms with E-state index in [2.05, 4.69) is 10.4 Å². The zero-order valence-electron chi connectivity index (χ0n) is 10.9. The van der Waals surface area contributed by atoms with Crippen LogP contribution in [0.5, 0.6) is 11.5 Å². The van der Waals surface area contributed by atoms with Crippen LogP contribution in [0.25, 0.3) is 0 Å². The van der Waals surface area contributed by atoms with E-state index in [1.807, 2.05) is 13.0 Å². The summed E-state index contributed by atoms with van der Waals surface area (Å²) in [5, 5.41) is 0. The number of methoxy groups -OCH3 is 2. The molecule has 0 atom stereocenters. The quantitative estimate of drug-likeness (QED) is 0.345. The largest absolute Gasteiger partial charge is 0.494 e. The first-order valence-electron chi connectivity index (χ1n) is 5.59. The molecule has 1 aromatic carbocycles. The zero-order valence-corrected chi connectivity index (χ0v) is 10.9. The monoisotopic (exact) mass is 253 g/mol. The SMILES string of the molecule is CCOCC(=Nc1c(OC)cccc1OC)NN. The number of benzene rings is 1. The molecule has 0 fully saturated rings.